The second kappa shape index (κ2) is 11.0. The molecular formula is C12H25N5O3. The Labute approximate surface area is 118 Å². The molecule has 20 heavy (non-hydrogen) atoms. The molecule has 1 atom stereocenters. The van der Waals surface area contributed by atoms with E-state index < -0.39 is 12.0 Å². The summed E-state index contributed by atoms with van der Waals surface area (Å²) < 4.78 is 0. The van der Waals surface area contributed by atoms with Gasteiger partial charge in [-0.15, -0.1) is 0 Å². The summed E-state index contributed by atoms with van der Waals surface area (Å²) in [6.45, 7) is 0.947. The first kappa shape index (κ1) is 18.2. The lowest BCUT2D eigenvalue weighted by Crippen LogP contribution is -2.40. The van der Waals surface area contributed by atoms with E-state index in [0.717, 1.165) is 12.8 Å². The summed E-state index contributed by atoms with van der Waals surface area (Å²) >= 11 is 0. The van der Waals surface area contributed by atoms with Crippen LogP contribution >= 0.6 is 0 Å². The summed E-state index contributed by atoms with van der Waals surface area (Å²) in [6, 6.07) is -0.897. The van der Waals surface area contributed by atoms with Crippen molar-refractivity contribution in [3.8, 4) is 0 Å². The van der Waals surface area contributed by atoms with Crippen LogP contribution in [0, 0.1) is 0 Å². The number of hydrogen-bond acceptors (Lipinski definition) is 4. The van der Waals surface area contributed by atoms with E-state index in [4.69, 9.17) is 22.3 Å². The number of nitrogens with one attached hydrogen (secondary N) is 1. The first-order chi connectivity index (χ1) is 9.47. The van der Waals surface area contributed by atoms with Crippen LogP contribution in [0.3, 0.4) is 0 Å². The highest BCUT2D eigenvalue weighted by molar-refractivity contribution is 5.83. The fourth-order valence-electron chi connectivity index (χ4n) is 1.63. The summed E-state index contributed by atoms with van der Waals surface area (Å²) in [6.07, 6.45) is 3.55. The van der Waals surface area contributed by atoms with E-state index in [1.165, 1.54) is 0 Å². The van der Waals surface area contributed by atoms with E-state index in [0.29, 0.717) is 38.8 Å². The Morgan fingerprint density at radius 1 is 1.15 bits per heavy atom. The highest BCUT2D eigenvalue weighted by Crippen LogP contribution is 2.02. The van der Waals surface area contributed by atoms with Crippen LogP contribution in [-0.4, -0.2) is 42.1 Å². The van der Waals surface area contributed by atoms with Gasteiger partial charge in [0.05, 0.1) is 0 Å². The molecule has 0 aromatic heterocycles. The zero-order valence-corrected chi connectivity index (χ0v) is 11.7. The third-order valence-corrected chi connectivity index (χ3v) is 2.69. The third kappa shape index (κ3) is 10.1. The number of nitrogens with zero attached hydrogens (tertiary/aromatic N) is 1. The van der Waals surface area contributed by atoms with Crippen molar-refractivity contribution >= 4 is 17.8 Å². The van der Waals surface area contributed by atoms with Crippen molar-refractivity contribution < 1.29 is 14.7 Å². The zero-order valence-electron chi connectivity index (χ0n) is 11.7. The Morgan fingerprint density at radius 3 is 2.40 bits per heavy atom. The molecule has 116 valence electrons. The maximum absolute atomic E-state index is 11.6. The Balaban J connectivity index is 3.97. The van der Waals surface area contributed by atoms with Crippen LogP contribution in [0.2, 0.25) is 0 Å². The number of hydrogen-bond donors (Lipinski definition) is 5. The average Bonchev–Trinajstić information content (AvgIpc) is 2.37. The Kier molecular flexibility index (Phi) is 10.0. The van der Waals surface area contributed by atoms with Crippen molar-refractivity contribution in [3.05, 3.63) is 0 Å². The summed E-state index contributed by atoms with van der Waals surface area (Å²) in [5, 5.41) is 11.5. The van der Waals surface area contributed by atoms with Gasteiger partial charge in [-0.3, -0.25) is 9.79 Å². The van der Waals surface area contributed by atoms with Crippen molar-refractivity contribution in [2.75, 3.05) is 13.1 Å². The zero-order chi connectivity index (χ0) is 15.4. The Morgan fingerprint density at radius 2 is 1.85 bits per heavy atom. The second-order valence-corrected chi connectivity index (χ2v) is 4.51. The highest BCUT2D eigenvalue weighted by atomic mass is 16.4. The number of carbonyl (C=O) groups is 2. The highest BCUT2D eigenvalue weighted by Gasteiger charge is 2.18. The van der Waals surface area contributed by atoms with E-state index >= 15 is 0 Å². The average molecular weight is 287 g/mol. The molecule has 0 radical (unpaired) electrons. The number of carboxylic acid groups (broad SMARTS) is 1. The topological polar surface area (TPSA) is 157 Å². The number of rotatable bonds is 11. The molecule has 0 bridgehead atoms. The molecule has 0 aliphatic heterocycles. The molecule has 0 spiro atoms. The second-order valence-electron chi connectivity index (χ2n) is 4.51. The molecule has 0 rings (SSSR count). The maximum Gasteiger partial charge on any atom is 0.326 e. The van der Waals surface area contributed by atoms with Gasteiger partial charge in [-0.1, -0.05) is 6.42 Å². The van der Waals surface area contributed by atoms with Gasteiger partial charge in [-0.25, -0.2) is 4.79 Å². The first-order valence-corrected chi connectivity index (χ1v) is 6.75. The molecule has 0 heterocycles. The smallest absolute Gasteiger partial charge is 0.326 e. The van der Waals surface area contributed by atoms with E-state index in [1.54, 1.807) is 0 Å². The predicted octanol–water partition coefficient (Wildman–Crippen LogP) is -0.871. The van der Waals surface area contributed by atoms with Crippen LogP contribution in [0.1, 0.15) is 38.5 Å². The SMILES string of the molecule is NCCCCCC(=O)N[C@@H](CCCN=C(N)N)C(=O)O. The van der Waals surface area contributed by atoms with Crippen LogP contribution < -0.4 is 22.5 Å². The number of aliphatic imine (C=N–C) groups is 1. The van der Waals surface area contributed by atoms with Gasteiger partial charge in [-0.2, -0.15) is 0 Å². The molecule has 0 aliphatic carbocycles. The number of amides is 1. The minimum atomic E-state index is -1.05. The van der Waals surface area contributed by atoms with Crippen molar-refractivity contribution in [2.24, 2.45) is 22.2 Å². The first-order valence-electron chi connectivity index (χ1n) is 6.75. The number of carboxylic acids is 1. The van der Waals surface area contributed by atoms with Crippen molar-refractivity contribution in [2.45, 2.75) is 44.6 Å². The van der Waals surface area contributed by atoms with Gasteiger partial charge in [0.25, 0.3) is 0 Å². The molecule has 1 amide bonds. The maximum atomic E-state index is 11.6. The van der Waals surface area contributed by atoms with Crippen LogP contribution in [-0.2, 0) is 9.59 Å². The number of carbonyl (C=O) groups excluding carboxylic acids is 1. The third-order valence-electron chi connectivity index (χ3n) is 2.69. The molecule has 8 nitrogen and oxygen atoms in total. The molecule has 8 N–H and O–H groups in total. The van der Waals surface area contributed by atoms with Crippen molar-refractivity contribution in [1.29, 1.82) is 0 Å². The predicted molar refractivity (Wildman–Crippen MR) is 77.0 cm³/mol. The number of guanidine groups is 1. The van der Waals surface area contributed by atoms with Gasteiger partial charge < -0.3 is 27.6 Å². The lowest BCUT2D eigenvalue weighted by atomic mass is 10.1. The summed E-state index contributed by atoms with van der Waals surface area (Å²) in [5.74, 6) is -1.33. The number of aliphatic carboxylic acids is 1. The molecule has 0 saturated heterocycles. The van der Waals surface area contributed by atoms with Crippen molar-refractivity contribution in [3.63, 3.8) is 0 Å². The minimum absolute atomic E-state index is 0.0270. The van der Waals surface area contributed by atoms with E-state index in [-0.39, 0.29) is 11.9 Å². The van der Waals surface area contributed by atoms with Crippen LogP contribution in [0.4, 0.5) is 0 Å². The minimum Gasteiger partial charge on any atom is -0.480 e. The largest absolute Gasteiger partial charge is 0.480 e. The van der Waals surface area contributed by atoms with Crippen LogP contribution in [0.15, 0.2) is 4.99 Å². The van der Waals surface area contributed by atoms with Crippen LogP contribution in [0.5, 0.6) is 0 Å². The molecule has 0 unspecified atom stereocenters. The van der Waals surface area contributed by atoms with Crippen molar-refractivity contribution in [1.82, 2.24) is 5.32 Å². The molecule has 8 heteroatoms. The van der Waals surface area contributed by atoms with Gasteiger partial charge in [0.1, 0.15) is 6.04 Å². The molecule has 0 saturated carbocycles. The van der Waals surface area contributed by atoms with Crippen LogP contribution in [0.25, 0.3) is 0 Å². The quantitative estimate of drug-likeness (QED) is 0.189. The fourth-order valence-corrected chi connectivity index (χ4v) is 1.63. The van der Waals surface area contributed by atoms with E-state index in [1.807, 2.05) is 0 Å². The molecule has 0 aromatic carbocycles. The molecule has 0 aliphatic rings. The molecule has 0 fully saturated rings. The summed E-state index contributed by atoms with van der Waals surface area (Å²) in [5.41, 5.74) is 15.7. The Hall–Kier alpha value is -1.83. The monoisotopic (exact) mass is 287 g/mol. The number of nitrogens with two attached hydrogens (primary N) is 3. The normalized spacial score (nSPS) is 11.7. The van der Waals surface area contributed by atoms with Gasteiger partial charge in [0.15, 0.2) is 5.96 Å². The van der Waals surface area contributed by atoms with E-state index in [2.05, 4.69) is 10.3 Å². The van der Waals surface area contributed by atoms with E-state index in [9.17, 15) is 9.59 Å². The van der Waals surface area contributed by atoms with Gasteiger partial charge in [0.2, 0.25) is 5.91 Å². The van der Waals surface area contributed by atoms with Gasteiger partial charge >= 0.3 is 5.97 Å². The standard InChI is InChI=1S/C12H25N5O3/c13-7-3-1-2-6-10(18)17-9(11(19)20)5-4-8-16-12(14)15/h9H,1-8,13H2,(H,17,18)(H,19,20)(H4,14,15,16)/t9-/m0/s1. The number of unbranched alkanes of at least 4 members (excludes halogenated alkanes) is 2. The lowest BCUT2D eigenvalue weighted by Gasteiger charge is -2.13. The lowest BCUT2D eigenvalue weighted by molar-refractivity contribution is -0.142. The summed E-state index contributed by atoms with van der Waals surface area (Å²) in [4.78, 5) is 26.4. The molecule has 0 aromatic rings. The fraction of sp³-hybridized carbons (Fsp3) is 0.750. The van der Waals surface area contributed by atoms with Gasteiger partial charge in [0, 0.05) is 13.0 Å². The Bertz CT molecular complexity index is 329. The summed E-state index contributed by atoms with van der Waals surface area (Å²) in [7, 11) is 0. The van der Waals surface area contributed by atoms with Gasteiger partial charge in [-0.05, 0) is 32.2 Å². The molecular weight excluding hydrogens is 262 g/mol.